The molecular formula is C17H21N3O4. The van der Waals surface area contributed by atoms with Crippen LogP contribution in [-0.2, 0) is 9.53 Å². The Morgan fingerprint density at radius 2 is 1.88 bits per heavy atom. The van der Waals surface area contributed by atoms with Crippen LogP contribution in [0.3, 0.4) is 0 Å². The number of terminal acetylenes is 1. The molecule has 7 nitrogen and oxygen atoms in total. The fourth-order valence-corrected chi connectivity index (χ4v) is 1.98. The van der Waals surface area contributed by atoms with Gasteiger partial charge >= 0.3 is 12.0 Å². The first kappa shape index (κ1) is 19.0. The van der Waals surface area contributed by atoms with Gasteiger partial charge in [0.1, 0.15) is 0 Å². The van der Waals surface area contributed by atoms with Crippen LogP contribution in [-0.4, -0.2) is 38.1 Å². The van der Waals surface area contributed by atoms with Crippen LogP contribution in [0.4, 0.5) is 10.5 Å². The van der Waals surface area contributed by atoms with Crippen LogP contribution in [0.15, 0.2) is 12.1 Å². The fraction of sp³-hybridized carbons (Fsp3) is 0.353. The number of urea groups is 1. The molecule has 1 rings (SSSR count). The molecule has 0 atom stereocenters. The average molecular weight is 331 g/mol. The number of carbonyl (C=O) groups excluding carboxylic acids is 3. The molecule has 128 valence electrons. The van der Waals surface area contributed by atoms with E-state index < -0.39 is 12.0 Å². The topological polar surface area (TPSA) is 96.5 Å². The Morgan fingerprint density at radius 3 is 2.50 bits per heavy atom. The molecule has 0 radical (unpaired) electrons. The first-order valence-corrected chi connectivity index (χ1v) is 7.34. The molecule has 1 aromatic carbocycles. The van der Waals surface area contributed by atoms with Gasteiger partial charge in [-0.2, -0.15) is 0 Å². The second-order valence-corrected chi connectivity index (χ2v) is 5.01. The molecule has 0 unspecified atom stereocenters. The highest BCUT2D eigenvalue weighted by molar-refractivity contribution is 5.95. The maximum Gasteiger partial charge on any atom is 0.338 e. The summed E-state index contributed by atoms with van der Waals surface area (Å²) in [6, 6.07) is 2.79. The van der Waals surface area contributed by atoms with E-state index in [9.17, 15) is 14.4 Å². The molecule has 0 aliphatic carbocycles. The summed E-state index contributed by atoms with van der Waals surface area (Å²) in [4.78, 5) is 34.8. The summed E-state index contributed by atoms with van der Waals surface area (Å²) in [6.45, 7) is 3.92. The van der Waals surface area contributed by atoms with Crippen molar-refractivity contribution in [2.75, 3.05) is 25.5 Å². The summed E-state index contributed by atoms with van der Waals surface area (Å²) in [7, 11) is 1.32. The second-order valence-electron chi connectivity index (χ2n) is 5.01. The summed E-state index contributed by atoms with van der Waals surface area (Å²) < 4.78 is 4.71. The van der Waals surface area contributed by atoms with Crippen molar-refractivity contribution in [1.82, 2.24) is 10.6 Å². The van der Waals surface area contributed by atoms with Crippen molar-refractivity contribution in [3.63, 3.8) is 0 Å². The van der Waals surface area contributed by atoms with Crippen molar-refractivity contribution in [2.45, 2.75) is 20.3 Å². The van der Waals surface area contributed by atoms with E-state index in [1.807, 2.05) is 0 Å². The number of esters is 1. The molecule has 0 heterocycles. The van der Waals surface area contributed by atoms with Gasteiger partial charge in [0.2, 0.25) is 5.91 Å². The van der Waals surface area contributed by atoms with Gasteiger partial charge in [-0.05, 0) is 37.1 Å². The quantitative estimate of drug-likeness (QED) is 0.541. The minimum absolute atomic E-state index is 0.133. The number of ether oxygens (including phenoxy) is 1. The number of hydrogen-bond donors (Lipinski definition) is 3. The summed E-state index contributed by atoms with van der Waals surface area (Å²) in [5.41, 5.74) is 2.52. The number of benzene rings is 1. The van der Waals surface area contributed by atoms with Crippen molar-refractivity contribution in [2.24, 2.45) is 0 Å². The van der Waals surface area contributed by atoms with Gasteiger partial charge in [-0.15, -0.1) is 6.42 Å². The van der Waals surface area contributed by atoms with Crippen molar-refractivity contribution in [1.29, 1.82) is 0 Å². The zero-order chi connectivity index (χ0) is 18.1. The molecule has 0 saturated heterocycles. The van der Waals surface area contributed by atoms with Crippen molar-refractivity contribution in [3.05, 3.63) is 28.8 Å². The number of nitrogens with one attached hydrogen (secondary N) is 3. The zero-order valence-electron chi connectivity index (χ0n) is 14.0. The Kier molecular flexibility index (Phi) is 7.30. The second kappa shape index (κ2) is 9.20. The molecule has 0 aliphatic rings. The number of carbonyl (C=O) groups is 3. The summed E-state index contributed by atoms with van der Waals surface area (Å²) in [5.74, 6) is 1.63. The van der Waals surface area contributed by atoms with Gasteiger partial charge in [-0.1, -0.05) is 5.92 Å². The monoisotopic (exact) mass is 331 g/mol. The lowest BCUT2D eigenvalue weighted by molar-refractivity contribution is -0.120. The molecule has 0 bridgehead atoms. The third-order valence-electron chi connectivity index (χ3n) is 3.47. The smallest absolute Gasteiger partial charge is 0.338 e. The van der Waals surface area contributed by atoms with Gasteiger partial charge in [-0.3, -0.25) is 4.79 Å². The SMILES string of the molecule is C#CCNC(=O)CCNC(=O)Nc1ccc(C(=O)OC)c(C)c1C. The van der Waals surface area contributed by atoms with Crippen molar-refractivity contribution >= 4 is 23.6 Å². The third kappa shape index (κ3) is 5.32. The standard InChI is InChI=1S/C17H21N3O4/c1-5-9-18-15(21)8-10-19-17(23)20-14-7-6-13(16(22)24-4)11(2)12(14)3/h1,6-7H,8-10H2,2-4H3,(H,18,21)(H2,19,20,23). The van der Waals surface area contributed by atoms with E-state index in [-0.39, 0.29) is 25.4 Å². The van der Waals surface area contributed by atoms with Gasteiger partial charge in [0.05, 0.1) is 19.2 Å². The van der Waals surface area contributed by atoms with E-state index in [4.69, 9.17) is 11.2 Å². The van der Waals surface area contributed by atoms with Gasteiger partial charge in [0.25, 0.3) is 0 Å². The maximum atomic E-state index is 11.9. The lowest BCUT2D eigenvalue weighted by atomic mass is 10.0. The van der Waals surface area contributed by atoms with E-state index in [2.05, 4.69) is 21.9 Å². The van der Waals surface area contributed by atoms with Gasteiger partial charge in [-0.25, -0.2) is 9.59 Å². The van der Waals surface area contributed by atoms with Crippen LogP contribution in [0.25, 0.3) is 0 Å². The minimum atomic E-state index is -0.437. The molecule has 0 spiro atoms. The number of anilines is 1. The first-order chi connectivity index (χ1) is 11.4. The average Bonchev–Trinajstić information content (AvgIpc) is 2.56. The van der Waals surface area contributed by atoms with E-state index in [0.29, 0.717) is 11.3 Å². The Morgan fingerprint density at radius 1 is 1.17 bits per heavy atom. The van der Waals surface area contributed by atoms with E-state index in [1.54, 1.807) is 26.0 Å². The largest absolute Gasteiger partial charge is 0.465 e. The molecule has 3 N–H and O–H groups in total. The van der Waals surface area contributed by atoms with E-state index in [1.165, 1.54) is 7.11 Å². The number of rotatable bonds is 6. The number of amides is 3. The number of hydrogen-bond acceptors (Lipinski definition) is 4. The third-order valence-corrected chi connectivity index (χ3v) is 3.47. The zero-order valence-corrected chi connectivity index (χ0v) is 14.0. The maximum absolute atomic E-state index is 11.9. The van der Waals surface area contributed by atoms with Gasteiger partial charge < -0.3 is 20.7 Å². The highest BCUT2D eigenvalue weighted by Gasteiger charge is 2.14. The minimum Gasteiger partial charge on any atom is -0.465 e. The highest BCUT2D eigenvalue weighted by atomic mass is 16.5. The molecule has 3 amide bonds. The molecule has 7 heteroatoms. The van der Waals surface area contributed by atoms with Gasteiger partial charge in [0.15, 0.2) is 0 Å². The Balaban J connectivity index is 2.59. The molecule has 0 saturated carbocycles. The molecular weight excluding hydrogens is 310 g/mol. The van der Waals surface area contributed by atoms with E-state index >= 15 is 0 Å². The molecule has 0 aromatic heterocycles. The Hall–Kier alpha value is -3.01. The lowest BCUT2D eigenvalue weighted by Gasteiger charge is -2.14. The van der Waals surface area contributed by atoms with Gasteiger partial charge in [0, 0.05) is 18.7 Å². The Labute approximate surface area is 141 Å². The summed E-state index contributed by atoms with van der Waals surface area (Å²) in [6.07, 6.45) is 5.16. The van der Waals surface area contributed by atoms with Crippen LogP contribution < -0.4 is 16.0 Å². The summed E-state index contributed by atoms with van der Waals surface area (Å²) in [5, 5.41) is 7.77. The van der Waals surface area contributed by atoms with Crippen molar-refractivity contribution in [3.8, 4) is 12.3 Å². The van der Waals surface area contributed by atoms with Crippen LogP contribution >= 0.6 is 0 Å². The predicted molar refractivity (Wildman–Crippen MR) is 90.7 cm³/mol. The highest BCUT2D eigenvalue weighted by Crippen LogP contribution is 2.22. The number of methoxy groups -OCH3 is 1. The van der Waals surface area contributed by atoms with E-state index in [0.717, 1.165) is 11.1 Å². The molecule has 1 aromatic rings. The van der Waals surface area contributed by atoms with Crippen LogP contribution in [0.5, 0.6) is 0 Å². The fourth-order valence-electron chi connectivity index (χ4n) is 1.98. The normalized spacial score (nSPS) is 9.58. The predicted octanol–water partition coefficient (Wildman–Crippen LogP) is 1.35. The summed E-state index contributed by atoms with van der Waals surface area (Å²) >= 11 is 0. The lowest BCUT2D eigenvalue weighted by Crippen LogP contribution is -2.33. The molecule has 0 fully saturated rings. The molecule has 0 aliphatic heterocycles. The van der Waals surface area contributed by atoms with Crippen molar-refractivity contribution < 1.29 is 19.1 Å². The Bertz CT molecular complexity index is 677. The molecule has 24 heavy (non-hydrogen) atoms. The van der Waals surface area contributed by atoms with Crippen LogP contribution in [0.2, 0.25) is 0 Å². The van der Waals surface area contributed by atoms with Crippen LogP contribution in [0, 0.1) is 26.2 Å². The first-order valence-electron chi connectivity index (χ1n) is 7.34. The van der Waals surface area contributed by atoms with Crippen LogP contribution in [0.1, 0.15) is 27.9 Å².